The lowest BCUT2D eigenvalue weighted by molar-refractivity contribution is -0.0122. The number of aromatic nitrogens is 2. The quantitative estimate of drug-likeness (QED) is 0.581. The first-order valence-corrected chi connectivity index (χ1v) is 11.5. The molecule has 5 rings (SSSR count). The van der Waals surface area contributed by atoms with Gasteiger partial charge in [0.2, 0.25) is 0 Å². The highest BCUT2D eigenvalue weighted by Gasteiger charge is 2.35. The van der Waals surface area contributed by atoms with Gasteiger partial charge in [0.25, 0.3) is 0 Å². The van der Waals surface area contributed by atoms with Crippen LogP contribution in [0.2, 0.25) is 0 Å². The fourth-order valence-electron chi connectivity index (χ4n) is 4.11. The van der Waals surface area contributed by atoms with Crippen LogP contribution in [0, 0.1) is 5.82 Å². The van der Waals surface area contributed by atoms with Crippen molar-refractivity contribution in [3.05, 3.63) is 47.8 Å². The number of anilines is 1. The number of rotatable bonds is 6. The van der Waals surface area contributed by atoms with Gasteiger partial charge in [-0.2, -0.15) is 4.37 Å². The number of hydrogen-bond acceptors (Lipinski definition) is 8. The van der Waals surface area contributed by atoms with Crippen LogP contribution in [0.4, 0.5) is 14.9 Å². The zero-order chi connectivity index (χ0) is 22.9. The topological polar surface area (TPSA) is 88.0 Å². The predicted octanol–water partition coefficient (Wildman–Crippen LogP) is 4.06. The minimum absolute atomic E-state index is 0.109. The molecular weight excluding hydrogens is 447 g/mol. The number of nitrogens with zero attached hydrogens (tertiary/aromatic N) is 4. The summed E-state index contributed by atoms with van der Waals surface area (Å²) in [4.78, 5) is 20.2. The average molecular weight is 471 g/mol. The Hall–Kier alpha value is -3.08. The van der Waals surface area contributed by atoms with Crippen LogP contribution in [0.1, 0.15) is 24.6 Å². The van der Waals surface area contributed by atoms with Crippen LogP contribution in [0.5, 0.6) is 5.75 Å². The lowest BCUT2D eigenvalue weighted by atomic mass is 10.1. The van der Waals surface area contributed by atoms with Gasteiger partial charge in [0.15, 0.2) is 23.6 Å². The molecule has 3 heterocycles. The summed E-state index contributed by atoms with van der Waals surface area (Å²) < 4.78 is 29.3. The second kappa shape index (κ2) is 9.05. The van der Waals surface area contributed by atoms with E-state index in [0.717, 1.165) is 35.1 Å². The number of fused-ring (bicyclic) bond motifs is 1. The van der Waals surface area contributed by atoms with Crippen LogP contribution in [-0.2, 0) is 4.74 Å². The predicted molar refractivity (Wildman–Crippen MR) is 122 cm³/mol. The molecule has 2 aliphatic heterocycles. The van der Waals surface area contributed by atoms with Crippen LogP contribution in [0.15, 0.2) is 36.4 Å². The first-order chi connectivity index (χ1) is 16.0. The Morgan fingerprint density at radius 2 is 1.97 bits per heavy atom. The molecule has 0 bridgehead atoms. The first-order valence-electron chi connectivity index (χ1n) is 10.7. The van der Waals surface area contributed by atoms with Crippen molar-refractivity contribution in [1.82, 2.24) is 14.3 Å². The van der Waals surface area contributed by atoms with Crippen LogP contribution in [0.3, 0.4) is 0 Å². The van der Waals surface area contributed by atoms with Crippen LogP contribution in [0.25, 0.3) is 22.0 Å². The van der Waals surface area contributed by atoms with Crippen molar-refractivity contribution in [3.8, 4) is 27.7 Å². The maximum absolute atomic E-state index is 14.8. The molecule has 3 aromatic rings. The van der Waals surface area contributed by atoms with Gasteiger partial charge in [-0.15, -0.1) is 0 Å². The Kier molecular flexibility index (Phi) is 5.96. The van der Waals surface area contributed by atoms with Crippen molar-refractivity contribution in [3.63, 3.8) is 0 Å². The summed E-state index contributed by atoms with van der Waals surface area (Å²) in [6.07, 6.45) is 0.257. The molecule has 1 saturated heterocycles. The van der Waals surface area contributed by atoms with Gasteiger partial charge >= 0.3 is 6.09 Å². The number of amides is 1. The Labute approximate surface area is 194 Å². The standard InChI is InChI=1S/C23H23FN4O4S/c1-31-11-10-28-22(29)17-12-15(13-18(24)19(17)32-23(28)30)21-25-20(26-33-21)14-4-6-16(7-5-14)27-8-2-3-9-27/h4-7,12-13,22,29H,2-3,8-11H2,1H3. The zero-order valence-corrected chi connectivity index (χ0v) is 18.8. The highest BCUT2D eigenvalue weighted by molar-refractivity contribution is 7.09. The number of carbonyl (C=O) groups excluding carboxylic acids is 1. The zero-order valence-electron chi connectivity index (χ0n) is 18.0. The molecule has 33 heavy (non-hydrogen) atoms. The molecule has 1 amide bonds. The molecule has 1 unspecified atom stereocenters. The summed E-state index contributed by atoms with van der Waals surface area (Å²) in [6.45, 7) is 2.47. The average Bonchev–Trinajstić information content (AvgIpc) is 3.53. The maximum atomic E-state index is 14.8. The third-order valence-corrected chi connectivity index (χ3v) is 6.64. The molecule has 172 valence electrons. The van der Waals surface area contributed by atoms with Crippen LogP contribution < -0.4 is 9.64 Å². The highest BCUT2D eigenvalue weighted by atomic mass is 32.1. The number of ether oxygens (including phenoxy) is 2. The van der Waals surface area contributed by atoms with E-state index in [0.29, 0.717) is 16.4 Å². The lowest BCUT2D eigenvalue weighted by Gasteiger charge is -2.32. The minimum Gasteiger partial charge on any atom is -0.407 e. The van der Waals surface area contributed by atoms with Crippen LogP contribution in [-0.4, -0.2) is 58.8 Å². The number of benzene rings is 2. The third kappa shape index (κ3) is 4.17. The molecular formula is C23H23FN4O4S. The largest absolute Gasteiger partial charge is 0.417 e. The monoisotopic (exact) mass is 470 g/mol. The van der Waals surface area contributed by atoms with Crippen molar-refractivity contribution >= 4 is 23.3 Å². The number of halogens is 1. The number of carbonyl (C=O) groups is 1. The van der Waals surface area contributed by atoms with Gasteiger partial charge < -0.3 is 19.5 Å². The van der Waals surface area contributed by atoms with Gasteiger partial charge in [0.1, 0.15) is 5.01 Å². The molecule has 2 aliphatic rings. The van der Waals surface area contributed by atoms with E-state index < -0.39 is 18.1 Å². The number of aliphatic hydroxyl groups is 1. The SMILES string of the molecule is COCCN1C(=O)Oc2c(F)cc(-c3nc(-c4ccc(N5CCCC5)cc4)ns3)cc2C1O. The van der Waals surface area contributed by atoms with E-state index in [1.807, 2.05) is 12.1 Å². The molecule has 0 saturated carbocycles. The van der Waals surface area contributed by atoms with Crippen LogP contribution >= 0.6 is 11.5 Å². The second-order valence-corrected chi connectivity index (χ2v) is 8.72. The number of methoxy groups -OCH3 is 1. The van der Waals surface area contributed by atoms with E-state index in [9.17, 15) is 14.3 Å². The Morgan fingerprint density at radius 1 is 1.21 bits per heavy atom. The van der Waals surface area contributed by atoms with E-state index in [-0.39, 0.29) is 24.5 Å². The first kappa shape index (κ1) is 21.7. The van der Waals surface area contributed by atoms with Gasteiger partial charge in [-0.3, -0.25) is 4.90 Å². The summed E-state index contributed by atoms with van der Waals surface area (Å²) >= 11 is 1.14. The summed E-state index contributed by atoms with van der Waals surface area (Å²) in [5, 5.41) is 11.2. The van der Waals surface area contributed by atoms with Gasteiger partial charge in [-0.05, 0) is 60.8 Å². The molecule has 0 spiro atoms. The van der Waals surface area contributed by atoms with E-state index in [4.69, 9.17) is 9.47 Å². The molecule has 0 aliphatic carbocycles. The van der Waals surface area contributed by atoms with Gasteiger partial charge in [0, 0.05) is 42.6 Å². The molecule has 2 aromatic carbocycles. The van der Waals surface area contributed by atoms with Gasteiger partial charge in [-0.1, -0.05) is 0 Å². The summed E-state index contributed by atoms with van der Waals surface area (Å²) in [5.41, 5.74) is 2.67. The van der Waals surface area contributed by atoms with Crippen molar-refractivity contribution in [1.29, 1.82) is 0 Å². The van der Waals surface area contributed by atoms with Crippen molar-refractivity contribution in [2.24, 2.45) is 0 Å². The molecule has 1 N–H and O–H groups in total. The fraction of sp³-hybridized carbons (Fsp3) is 0.348. The molecule has 1 atom stereocenters. The van der Waals surface area contributed by atoms with E-state index >= 15 is 0 Å². The van der Waals surface area contributed by atoms with Gasteiger partial charge in [0.05, 0.1) is 13.2 Å². The minimum atomic E-state index is -1.35. The summed E-state index contributed by atoms with van der Waals surface area (Å²) in [7, 11) is 1.49. The summed E-state index contributed by atoms with van der Waals surface area (Å²) in [6, 6.07) is 10.9. The Bertz CT molecular complexity index is 1160. The van der Waals surface area contributed by atoms with E-state index in [2.05, 4.69) is 26.4 Å². The molecule has 1 aromatic heterocycles. The second-order valence-electron chi connectivity index (χ2n) is 7.97. The molecule has 0 radical (unpaired) electrons. The Balaban J connectivity index is 1.41. The molecule has 8 nitrogen and oxygen atoms in total. The summed E-state index contributed by atoms with van der Waals surface area (Å²) in [5.74, 6) is -0.463. The van der Waals surface area contributed by atoms with Crippen molar-refractivity contribution < 1.29 is 23.8 Å². The Morgan fingerprint density at radius 3 is 2.70 bits per heavy atom. The number of aliphatic hydroxyl groups excluding tert-OH is 1. The lowest BCUT2D eigenvalue weighted by Crippen LogP contribution is -2.42. The highest BCUT2D eigenvalue weighted by Crippen LogP contribution is 2.39. The van der Waals surface area contributed by atoms with Crippen molar-refractivity contribution in [2.45, 2.75) is 19.1 Å². The smallest absolute Gasteiger partial charge is 0.407 e. The molecule has 10 heteroatoms. The third-order valence-electron chi connectivity index (χ3n) is 5.88. The van der Waals surface area contributed by atoms with E-state index in [1.54, 1.807) is 6.07 Å². The maximum Gasteiger partial charge on any atom is 0.417 e. The normalized spacial score (nSPS) is 17.9. The fourth-order valence-corrected chi connectivity index (χ4v) is 4.78. The van der Waals surface area contributed by atoms with Crippen molar-refractivity contribution in [2.75, 3.05) is 38.3 Å². The van der Waals surface area contributed by atoms with E-state index in [1.165, 1.54) is 31.7 Å². The van der Waals surface area contributed by atoms with Gasteiger partial charge in [-0.25, -0.2) is 14.2 Å². The molecule has 1 fully saturated rings. The number of hydrogen-bond donors (Lipinski definition) is 1.